The molecular formula is C17H14BrF3N6. The van der Waals surface area contributed by atoms with Crippen molar-refractivity contribution in [2.45, 2.75) is 13.3 Å². The lowest BCUT2D eigenvalue weighted by Crippen LogP contribution is -2.03. The molecule has 0 amide bonds. The van der Waals surface area contributed by atoms with Crippen molar-refractivity contribution < 1.29 is 13.2 Å². The Hall–Kier alpha value is -2.75. The van der Waals surface area contributed by atoms with E-state index in [1.54, 1.807) is 31.2 Å². The lowest BCUT2D eigenvalue weighted by atomic mass is 10.1. The summed E-state index contributed by atoms with van der Waals surface area (Å²) in [6.45, 7) is 1.63. The average Bonchev–Trinajstić information content (AvgIpc) is 2.88. The van der Waals surface area contributed by atoms with E-state index in [9.17, 15) is 13.2 Å². The van der Waals surface area contributed by atoms with Crippen molar-refractivity contribution in [1.29, 1.82) is 0 Å². The second kappa shape index (κ2) is 7.87. The number of aromatic nitrogens is 4. The fourth-order valence-electron chi connectivity index (χ4n) is 2.34. The summed E-state index contributed by atoms with van der Waals surface area (Å²) in [5, 5.41) is 7.77. The average molecular weight is 439 g/mol. The van der Waals surface area contributed by atoms with Crippen molar-refractivity contribution in [2.24, 2.45) is 12.1 Å². The standard InChI is InChI=1S/C17H14BrF3N6/c1-9-12(16(21)27(2)26-9)8-22-25-17-23-13(7-14(24-17)15(19)20)10-3-5-11(18)6-4-10/h3-8,15H,1-2H3,(H,23,24,25). The molecule has 6 nitrogen and oxygen atoms in total. The third-order valence-electron chi connectivity index (χ3n) is 3.66. The summed E-state index contributed by atoms with van der Waals surface area (Å²) in [5.41, 5.74) is 3.62. The number of nitrogens with zero attached hydrogens (tertiary/aromatic N) is 5. The summed E-state index contributed by atoms with van der Waals surface area (Å²) in [6.07, 6.45) is -1.57. The summed E-state index contributed by atoms with van der Waals surface area (Å²) in [6, 6.07) is 8.25. The minimum Gasteiger partial charge on any atom is -0.245 e. The second-order valence-electron chi connectivity index (χ2n) is 5.59. The topological polar surface area (TPSA) is 68.0 Å². The Labute approximate surface area is 161 Å². The molecule has 0 bridgehead atoms. The predicted octanol–water partition coefficient (Wildman–Crippen LogP) is 4.47. The Morgan fingerprint density at radius 1 is 1.22 bits per heavy atom. The maximum atomic E-state index is 13.9. The van der Waals surface area contributed by atoms with Gasteiger partial charge in [-0.15, -0.1) is 0 Å². The lowest BCUT2D eigenvalue weighted by molar-refractivity contribution is 0.146. The molecule has 2 aromatic heterocycles. The summed E-state index contributed by atoms with van der Waals surface area (Å²) >= 11 is 3.32. The lowest BCUT2D eigenvalue weighted by Gasteiger charge is -2.07. The second-order valence-corrected chi connectivity index (χ2v) is 6.51. The van der Waals surface area contributed by atoms with Gasteiger partial charge >= 0.3 is 0 Å². The molecule has 27 heavy (non-hydrogen) atoms. The first-order valence-electron chi connectivity index (χ1n) is 7.76. The van der Waals surface area contributed by atoms with E-state index in [2.05, 4.69) is 41.5 Å². The van der Waals surface area contributed by atoms with Gasteiger partial charge in [0, 0.05) is 17.1 Å². The molecule has 0 saturated heterocycles. The molecule has 0 aliphatic rings. The van der Waals surface area contributed by atoms with Gasteiger partial charge < -0.3 is 0 Å². The van der Waals surface area contributed by atoms with E-state index in [0.717, 1.165) is 9.15 Å². The molecule has 0 unspecified atom stereocenters. The number of hydrogen-bond donors (Lipinski definition) is 1. The van der Waals surface area contributed by atoms with E-state index in [4.69, 9.17) is 0 Å². The molecule has 0 aliphatic heterocycles. The maximum absolute atomic E-state index is 13.9. The highest BCUT2D eigenvalue weighted by Gasteiger charge is 2.14. The molecule has 2 heterocycles. The molecule has 0 radical (unpaired) electrons. The Balaban J connectivity index is 1.90. The van der Waals surface area contributed by atoms with Gasteiger partial charge in [0.1, 0.15) is 5.69 Å². The van der Waals surface area contributed by atoms with E-state index in [-0.39, 0.29) is 11.5 Å². The first-order valence-corrected chi connectivity index (χ1v) is 8.55. The van der Waals surface area contributed by atoms with Gasteiger partial charge in [-0.3, -0.25) is 0 Å². The summed E-state index contributed by atoms with van der Waals surface area (Å²) in [4.78, 5) is 7.95. The first kappa shape index (κ1) is 19.0. The Morgan fingerprint density at radius 2 is 1.93 bits per heavy atom. The van der Waals surface area contributed by atoms with Crippen LogP contribution in [0.2, 0.25) is 0 Å². The van der Waals surface area contributed by atoms with Crippen LogP contribution in [0.1, 0.15) is 23.4 Å². The quantitative estimate of drug-likeness (QED) is 0.471. The summed E-state index contributed by atoms with van der Waals surface area (Å²) in [5.74, 6) is -0.681. The van der Waals surface area contributed by atoms with Crippen LogP contribution in [-0.4, -0.2) is 26.0 Å². The molecule has 0 fully saturated rings. The van der Waals surface area contributed by atoms with E-state index in [0.29, 0.717) is 17.0 Å². The van der Waals surface area contributed by atoms with E-state index < -0.39 is 18.1 Å². The fraction of sp³-hybridized carbons (Fsp3) is 0.176. The normalized spacial score (nSPS) is 11.5. The molecule has 3 rings (SSSR count). The van der Waals surface area contributed by atoms with Crippen LogP contribution in [0.3, 0.4) is 0 Å². The molecule has 10 heteroatoms. The van der Waals surface area contributed by atoms with Crippen molar-refractivity contribution in [3.05, 3.63) is 57.7 Å². The van der Waals surface area contributed by atoms with Crippen molar-refractivity contribution in [2.75, 3.05) is 5.43 Å². The largest absolute Gasteiger partial charge is 0.280 e. The maximum Gasteiger partial charge on any atom is 0.280 e. The van der Waals surface area contributed by atoms with Crippen LogP contribution in [0, 0.1) is 12.9 Å². The molecule has 0 saturated carbocycles. The fourth-order valence-corrected chi connectivity index (χ4v) is 2.61. The molecule has 3 aromatic rings. The molecule has 1 N–H and O–H groups in total. The monoisotopic (exact) mass is 438 g/mol. The van der Waals surface area contributed by atoms with Crippen molar-refractivity contribution >= 4 is 28.1 Å². The van der Waals surface area contributed by atoms with Gasteiger partial charge in [0.25, 0.3) is 6.43 Å². The third-order valence-corrected chi connectivity index (χ3v) is 4.19. The van der Waals surface area contributed by atoms with Crippen LogP contribution in [-0.2, 0) is 7.05 Å². The summed E-state index contributed by atoms with van der Waals surface area (Å²) < 4.78 is 42.2. The number of hydrogen-bond acceptors (Lipinski definition) is 5. The highest BCUT2D eigenvalue weighted by Crippen LogP contribution is 2.25. The van der Waals surface area contributed by atoms with E-state index >= 15 is 0 Å². The van der Waals surface area contributed by atoms with Crippen molar-refractivity contribution in [3.8, 4) is 11.3 Å². The number of benzene rings is 1. The predicted molar refractivity (Wildman–Crippen MR) is 99.2 cm³/mol. The van der Waals surface area contributed by atoms with Crippen molar-refractivity contribution in [1.82, 2.24) is 19.7 Å². The van der Waals surface area contributed by atoms with Crippen LogP contribution < -0.4 is 5.43 Å². The van der Waals surface area contributed by atoms with Crippen LogP contribution in [0.25, 0.3) is 11.3 Å². The van der Waals surface area contributed by atoms with Crippen LogP contribution >= 0.6 is 15.9 Å². The Kier molecular flexibility index (Phi) is 5.54. The molecule has 140 valence electrons. The molecule has 0 aliphatic carbocycles. The number of hydrazone groups is 1. The van der Waals surface area contributed by atoms with Gasteiger partial charge in [-0.25, -0.2) is 28.9 Å². The molecule has 1 aromatic carbocycles. The SMILES string of the molecule is Cc1nn(C)c(F)c1C=NNc1nc(-c2ccc(Br)cc2)cc(C(F)F)n1. The van der Waals surface area contributed by atoms with Gasteiger partial charge in [0.2, 0.25) is 11.9 Å². The zero-order valence-electron chi connectivity index (χ0n) is 14.3. The zero-order valence-corrected chi connectivity index (χ0v) is 15.9. The van der Waals surface area contributed by atoms with Crippen molar-refractivity contribution in [3.63, 3.8) is 0 Å². The smallest absolute Gasteiger partial charge is 0.245 e. The minimum atomic E-state index is -2.77. The minimum absolute atomic E-state index is 0.121. The number of halogens is 4. The number of anilines is 1. The number of alkyl halides is 2. The molecule has 0 spiro atoms. The van der Waals surface area contributed by atoms with Gasteiger partial charge in [-0.2, -0.15) is 14.6 Å². The Bertz CT molecular complexity index is 985. The zero-order chi connectivity index (χ0) is 19.6. The van der Waals surface area contributed by atoms with Gasteiger partial charge in [-0.1, -0.05) is 28.1 Å². The van der Waals surface area contributed by atoms with Gasteiger partial charge in [0.15, 0.2) is 0 Å². The van der Waals surface area contributed by atoms with Gasteiger partial charge in [-0.05, 0) is 25.1 Å². The molecule has 0 atom stereocenters. The number of rotatable bonds is 5. The van der Waals surface area contributed by atoms with E-state index in [1.807, 2.05) is 0 Å². The first-order chi connectivity index (χ1) is 12.8. The number of aryl methyl sites for hydroxylation is 2. The van der Waals surface area contributed by atoms with Crippen LogP contribution in [0.15, 0.2) is 39.9 Å². The highest BCUT2D eigenvalue weighted by molar-refractivity contribution is 9.10. The highest BCUT2D eigenvalue weighted by atomic mass is 79.9. The summed E-state index contributed by atoms with van der Waals surface area (Å²) in [7, 11) is 1.47. The van der Waals surface area contributed by atoms with Gasteiger partial charge in [0.05, 0.1) is 23.2 Å². The third kappa shape index (κ3) is 4.33. The van der Waals surface area contributed by atoms with Crippen LogP contribution in [0.4, 0.5) is 19.1 Å². The molecular weight excluding hydrogens is 425 g/mol. The van der Waals surface area contributed by atoms with E-state index in [1.165, 1.54) is 19.3 Å². The Morgan fingerprint density at radius 3 is 2.52 bits per heavy atom. The van der Waals surface area contributed by atoms with Crippen LogP contribution in [0.5, 0.6) is 0 Å². The number of nitrogens with one attached hydrogen (secondary N) is 1.